The first-order chi connectivity index (χ1) is 14.1. The molecule has 1 amide bonds. The molecule has 2 heterocycles. The van der Waals surface area contributed by atoms with E-state index in [1.807, 2.05) is 30.9 Å². The fourth-order valence-corrected chi connectivity index (χ4v) is 5.09. The van der Waals surface area contributed by atoms with Crippen molar-refractivity contribution >= 4 is 23.9 Å². The van der Waals surface area contributed by atoms with Gasteiger partial charge in [0, 0.05) is 30.7 Å². The van der Waals surface area contributed by atoms with Gasteiger partial charge in [0.15, 0.2) is 0 Å². The van der Waals surface area contributed by atoms with Crippen molar-refractivity contribution in [1.29, 1.82) is 0 Å². The zero-order chi connectivity index (χ0) is 20.4. The van der Waals surface area contributed by atoms with Crippen molar-refractivity contribution in [3.8, 4) is 0 Å². The van der Waals surface area contributed by atoms with Gasteiger partial charge in [0.05, 0.1) is 0 Å². The number of benzene rings is 2. The second-order valence-electron chi connectivity index (χ2n) is 8.36. The molecule has 0 radical (unpaired) electrons. The van der Waals surface area contributed by atoms with Crippen LogP contribution in [0, 0.1) is 0 Å². The SMILES string of the molecule is CCN(CC)C(=O)c1ccc(C(=C2CC3CCC(C2)N3C)c2ccccc2)cc1.Cl. The van der Waals surface area contributed by atoms with E-state index in [4.69, 9.17) is 0 Å². The predicted molar refractivity (Wildman–Crippen MR) is 127 cm³/mol. The number of amides is 1. The maximum Gasteiger partial charge on any atom is 0.253 e. The molecule has 2 aliphatic rings. The molecule has 2 aromatic carbocycles. The van der Waals surface area contributed by atoms with Crippen LogP contribution in [0.15, 0.2) is 60.2 Å². The summed E-state index contributed by atoms with van der Waals surface area (Å²) in [6.45, 7) is 5.55. The molecular formula is C26H33ClN2O. The average Bonchev–Trinajstić information content (AvgIpc) is 2.96. The molecule has 0 saturated carbocycles. The molecular weight excluding hydrogens is 392 g/mol. The smallest absolute Gasteiger partial charge is 0.253 e. The van der Waals surface area contributed by atoms with Crippen LogP contribution in [0.5, 0.6) is 0 Å². The molecule has 30 heavy (non-hydrogen) atoms. The molecule has 0 N–H and O–H groups in total. The number of carbonyl (C=O) groups excluding carboxylic acids is 1. The van der Waals surface area contributed by atoms with Crippen LogP contribution in [0.2, 0.25) is 0 Å². The summed E-state index contributed by atoms with van der Waals surface area (Å²) in [5.74, 6) is 0.118. The van der Waals surface area contributed by atoms with Gasteiger partial charge in [-0.2, -0.15) is 0 Å². The monoisotopic (exact) mass is 424 g/mol. The summed E-state index contributed by atoms with van der Waals surface area (Å²) in [5.41, 5.74) is 6.24. The third-order valence-electron chi connectivity index (χ3n) is 6.84. The fraction of sp³-hybridized carbons (Fsp3) is 0.423. The van der Waals surface area contributed by atoms with Gasteiger partial charge < -0.3 is 4.90 Å². The maximum atomic E-state index is 12.7. The Morgan fingerprint density at radius 3 is 1.90 bits per heavy atom. The molecule has 2 aromatic rings. The van der Waals surface area contributed by atoms with Crippen molar-refractivity contribution in [3.63, 3.8) is 0 Å². The first kappa shape index (κ1) is 22.6. The second kappa shape index (κ2) is 9.80. The van der Waals surface area contributed by atoms with Gasteiger partial charge in [0.1, 0.15) is 0 Å². The molecule has 2 atom stereocenters. The topological polar surface area (TPSA) is 23.6 Å². The van der Waals surface area contributed by atoms with Crippen LogP contribution in [0.3, 0.4) is 0 Å². The normalized spacial score (nSPS) is 20.6. The number of fused-ring (bicyclic) bond motifs is 2. The van der Waals surface area contributed by atoms with Crippen LogP contribution in [0.1, 0.15) is 61.0 Å². The number of rotatable bonds is 5. The van der Waals surface area contributed by atoms with Crippen LogP contribution in [0.25, 0.3) is 5.57 Å². The van der Waals surface area contributed by atoms with Crippen LogP contribution in [0.4, 0.5) is 0 Å². The van der Waals surface area contributed by atoms with Crippen molar-refractivity contribution in [1.82, 2.24) is 9.80 Å². The van der Waals surface area contributed by atoms with Gasteiger partial charge in [0.2, 0.25) is 0 Å². The molecule has 4 heteroatoms. The van der Waals surface area contributed by atoms with E-state index in [9.17, 15) is 4.79 Å². The van der Waals surface area contributed by atoms with E-state index >= 15 is 0 Å². The van der Waals surface area contributed by atoms with Crippen LogP contribution in [-0.4, -0.2) is 47.9 Å². The summed E-state index contributed by atoms with van der Waals surface area (Å²) >= 11 is 0. The number of halogens is 1. The highest BCUT2D eigenvalue weighted by Crippen LogP contribution is 2.42. The first-order valence-electron chi connectivity index (χ1n) is 11.0. The molecule has 2 aliphatic heterocycles. The Morgan fingerprint density at radius 2 is 1.37 bits per heavy atom. The lowest BCUT2D eigenvalue weighted by molar-refractivity contribution is 0.0773. The number of hydrogen-bond acceptors (Lipinski definition) is 2. The Balaban J connectivity index is 0.00000256. The van der Waals surface area contributed by atoms with Crippen molar-refractivity contribution in [2.45, 2.75) is 51.6 Å². The maximum absolute atomic E-state index is 12.7. The minimum Gasteiger partial charge on any atom is -0.339 e. The van der Waals surface area contributed by atoms with Gasteiger partial charge in [0.25, 0.3) is 5.91 Å². The van der Waals surface area contributed by atoms with Crippen LogP contribution in [-0.2, 0) is 0 Å². The molecule has 2 fully saturated rings. The van der Waals surface area contributed by atoms with Gasteiger partial charge in [-0.3, -0.25) is 9.69 Å². The van der Waals surface area contributed by atoms with Crippen molar-refractivity contribution in [2.75, 3.05) is 20.1 Å². The molecule has 2 saturated heterocycles. The third-order valence-corrected chi connectivity index (χ3v) is 6.84. The Bertz CT molecular complexity index is 871. The quantitative estimate of drug-likeness (QED) is 0.619. The largest absolute Gasteiger partial charge is 0.339 e. The van der Waals surface area contributed by atoms with Gasteiger partial charge in [-0.15, -0.1) is 12.4 Å². The zero-order valence-corrected chi connectivity index (χ0v) is 19.1. The second-order valence-corrected chi connectivity index (χ2v) is 8.36. The molecule has 4 rings (SSSR count). The van der Waals surface area contributed by atoms with Gasteiger partial charge >= 0.3 is 0 Å². The summed E-state index contributed by atoms with van der Waals surface area (Å²) in [6.07, 6.45) is 4.92. The van der Waals surface area contributed by atoms with E-state index < -0.39 is 0 Å². The number of nitrogens with zero attached hydrogens (tertiary/aromatic N) is 2. The van der Waals surface area contributed by atoms with Crippen LogP contribution >= 0.6 is 12.4 Å². The minimum atomic E-state index is 0. The zero-order valence-electron chi connectivity index (χ0n) is 18.3. The van der Waals surface area contributed by atoms with Crippen molar-refractivity contribution in [2.24, 2.45) is 0 Å². The molecule has 2 unspecified atom stereocenters. The Labute approximate surface area is 187 Å². The summed E-state index contributed by atoms with van der Waals surface area (Å²) in [5, 5.41) is 0. The molecule has 2 bridgehead atoms. The summed E-state index contributed by atoms with van der Waals surface area (Å²) in [6, 6.07) is 20.4. The number of hydrogen-bond donors (Lipinski definition) is 0. The lowest BCUT2D eigenvalue weighted by Gasteiger charge is -2.34. The number of carbonyl (C=O) groups is 1. The lowest BCUT2D eigenvalue weighted by Crippen LogP contribution is -2.37. The highest BCUT2D eigenvalue weighted by atomic mass is 35.5. The molecule has 0 aliphatic carbocycles. The highest BCUT2D eigenvalue weighted by molar-refractivity contribution is 5.95. The van der Waals surface area contributed by atoms with E-state index in [2.05, 4.69) is 54.4 Å². The van der Waals surface area contributed by atoms with Crippen molar-refractivity contribution in [3.05, 3.63) is 76.9 Å². The van der Waals surface area contributed by atoms with E-state index in [0.717, 1.165) is 31.5 Å². The molecule has 0 aromatic heterocycles. The Morgan fingerprint density at radius 1 is 0.867 bits per heavy atom. The summed E-state index contributed by atoms with van der Waals surface area (Å²) < 4.78 is 0. The van der Waals surface area contributed by atoms with E-state index in [-0.39, 0.29) is 18.3 Å². The van der Waals surface area contributed by atoms with Gasteiger partial charge in [-0.1, -0.05) is 48.0 Å². The van der Waals surface area contributed by atoms with Crippen LogP contribution < -0.4 is 0 Å². The Hall–Kier alpha value is -2.10. The van der Waals surface area contributed by atoms with Crippen molar-refractivity contribution < 1.29 is 4.79 Å². The third kappa shape index (κ3) is 4.33. The minimum absolute atomic E-state index is 0. The van der Waals surface area contributed by atoms with Gasteiger partial charge in [-0.25, -0.2) is 0 Å². The molecule has 0 spiro atoms. The van der Waals surface area contributed by atoms with E-state index in [1.165, 1.54) is 29.5 Å². The fourth-order valence-electron chi connectivity index (χ4n) is 5.09. The standard InChI is InChI=1S/C26H32N2O.ClH/c1-4-28(5-2)26(29)21-13-11-20(12-14-21)25(19-9-7-6-8-10-19)22-17-23-15-16-24(18-22)27(23)3;/h6-14,23-24H,4-5,15-18H2,1-3H3;1H. The highest BCUT2D eigenvalue weighted by Gasteiger charge is 2.37. The predicted octanol–water partition coefficient (Wildman–Crippen LogP) is 5.65. The average molecular weight is 425 g/mol. The van der Waals surface area contributed by atoms with E-state index in [1.54, 1.807) is 5.57 Å². The molecule has 160 valence electrons. The summed E-state index contributed by atoms with van der Waals surface area (Å²) in [4.78, 5) is 17.2. The Kier molecular flexibility index (Phi) is 7.38. The molecule has 3 nitrogen and oxygen atoms in total. The number of piperidine rings is 1. The lowest BCUT2D eigenvalue weighted by atomic mass is 9.85. The first-order valence-corrected chi connectivity index (χ1v) is 11.0. The summed E-state index contributed by atoms with van der Waals surface area (Å²) in [7, 11) is 2.29. The van der Waals surface area contributed by atoms with E-state index in [0.29, 0.717) is 12.1 Å². The van der Waals surface area contributed by atoms with Gasteiger partial charge in [-0.05, 0) is 75.4 Å².